The highest BCUT2D eigenvalue weighted by atomic mass is 32.2. The van der Waals surface area contributed by atoms with Gasteiger partial charge in [0.05, 0.1) is 10.7 Å². The summed E-state index contributed by atoms with van der Waals surface area (Å²) in [6, 6.07) is 0.285. The number of nitrogens with two attached hydrogens (primary N) is 1. The molecule has 0 radical (unpaired) electrons. The quantitative estimate of drug-likeness (QED) is 0.271. The Balaban J connectivity index is 2.61. The number of benzene rings is 1. The normalized spacial score (nSPS) is 24.3. The summed E-state index contributed by atoms with van der Waals surface area (Å²) in [7, 11) is -2.65. The van der Waals surface area contributed by atoms with Gasteiger partial charge in [-0.05, 0) is 18.9 Å². The van der Waals surface area contributed by atoms with Gasteiger partial charge >= 0.3 is 6.18 Å². The molecule has 0 bridgehead atoms. The van der Waals surface area contributed by atoms with E-state index in [-0.39, 0.29) is 18.9 Å². The summed E-state index contributed by atoms with van der Waals surface area (Å²) in [6.45, 7) is -0.130. The molecule has 1 heterocycles. The zero-order chi connectivity index (χ0) is 20.4. The predicted octanol–water partition coefficient (Wildman–Crippen LogP) is 2.59. The summed E-state index contributed by atoms with van der Waals surface area (Å²) < 4.78 is 71.5. The average Bonchev–Trinajstić information content (AvgIpc) is 2.75. The molecule has 1 aliphatic rings. The van der Waals surface area contributed by atoms with Gasteiger partial charge in [0, 0.05) is 31.3 Å². The van der Waals surface area contributed by atoms with Gasteiger partial charge in [0.15, 0.2) is 6.04 Å². The summed E-state index contributed by atoms with van der Waals surface area (Å²) in [5.41, 5.74) is 4.79. The van der Waals surface area contributed by atoms with Gasteiger partial charge < -0.3 is 5.73 Å². The van der Waals surface area contributed by atoms with Crippen molar-refractivity contribution in [1.29, 1.82) is 0 Å². The number of rotatable bonds is 3. The zero-order valence-corrected chi connectivity index (χ0v) is 15.0. The van der Waals surface area contributed by atoms with Crippen LogP contribution in [0.1, 0.15) is 18.4 Å². The maximum Gasteiger partial charge on any atom is 0.411 e. The van der Waals surface area contributed by atoms with Crippen molar-refractivity contribution < 1.29 is 26.7 Å². The van der Waals surface area contributed by atoms with Crippen LogP contribution < -0.4 is 5.73 Å². The van der Waals surface area contributed by atoms with Gasteiger partial charge in [-0.2, -0.15) is 13.2 Å². The Kier molecular flexibility index (Phi) is 5.92. The van der Waals surface area contributed by atoms with Gasteiger partial charge in [-0.25, -0.2) is 13.0 Å². The predicted molar refractivity (Wildman–Crippen MR) is 90.7 cm³/mol. The Morgan fingerprint density at radius 1 is 1.52 bits per heavy atom. The average molecular weight is 411 g/mol. The second-order valence-corrected chi connectivity index (χ2v) is 7.93. The number of aliphatic imine (C=N–C) groups is 1. The van der Waals surface area contributed by atoms with Crippen LogP contribution in [0.2, 0.25) is 0 Å². The lowest BCUT2D eigenvalue weighted by Crippen LogP contribution is -2.42. The van der Waals surface area contributed by atoms with Gasteiger partial charge in [0.25, 0.3) is 5.69 Å². The minimum atomic E-state index is -4.74. The molecule has 2 unspecified atom stereocenters. The van der Waals surface area contributed by atoms with Crippen LogP contribution in [0.4, 0.5) is 23.2 Å². The molecule has 8 nitrogen and oxygen atoms in total. The molecule has 150 valence electrons. The number of nitro benzene ring substituents is 1. The molecule has 0 spiro atoms. The number of hydrogen-bond donors (Lipinski definition) is 1. The van der Waals surface area contributed by atoms with Crippen LogP contribution in [0, 0.1) is 15.9 Å². The molecule has 1 aliphatic heterocycles. The first-order valence-corrected chi connectivity index (χ1v) is 9.35. The summed E-state index contributed by atoms with van der Waals surface area (Å²) in [5, 5.41) is 10.9. The van der Waals surface area contributed by atoms with E-state index in [1.807, 2.05) is 0 Å². The Hall–Kier alpha value is -2.44. The summed E-state index contributed by atoms with van der Waals surface area (Å²) in [5.74, 6) is -2.06. The standard InChI is InChI=1S/C14H17F4N5O3S/c1-20-13(19)22-6-2-3-12(14(16,17)18)21-27(22,26)8-9-7-10(23(24)25)4-5-11(9)15/h4-5,7,12H,2-3,6,8H2,1H3,(H2,19,20). The maximum atomic E-state index is 14.1. The van der Waals surface area contributed by atoms with Crippen molar-refractivity contribution in [2.45, 2.75) is 30.8 Å². The molecule has 0 saturated carbocycles. The topological polar surface area (TPSA) is 114 Å². The van der Waals surface area contributed by atoms with E-state index in [2.05, 4.69) is 9.36 Å². The third-order valence-corrected chi connectivity index (χ3v) is 6.25. The second-order valence-electron chi connectivity index (χ2n) is 5.77. The van der Waals surface area contributed by atoms with Crippen molar-refractivity contribution in [3.8, 4) is 0 Å². The summed E-state index contributed by atoms with van der Waals surface area (Å²) in [6.07, 6.45) is -5.16. The molecule has 2 rings (SSSR count). The molecule has 1 aromatic rings. The smallest absolute Gasteiger partial charge is 0.369 e. The van der Waals surface area contributed by atoms with Crippen molar-refractivity contribution in [1.82, 2.24) is 4.31 Å². The Morgan fingerprint density at radius 2 is 2.19 bits per heavy atom. The largest absolute Gasteiger partial charge is 0.411 e. The van der Waals surface area contributed by atoms with Crippen LogP contribution in [0.15, 0.2) is 27.6 Å². The van der Waals surface area contributed by atoms with Crippen LogP contribution in [-0.2, 0) is 15.7 Å². The Labute approximate surface area is 152 Å². The molecular formula is C14H17F4N5O3S. The number of hydrogen-bond acceptors (Lipinski definition) is 5. The van der Waals surface area contributed by atoms with Gasteiger partial charge in [0.2, 0.25) is 5.96 Å². The number of guanidine groups is 1. The molecule has 27 heavy (non-hydrogen) atoms. The summed E-state index contributed by atoms with van der Waals surface area (Å²) >= 11 is 0. The van der Waals surface area contributed by atoms with Crippen LogP contribution in [0.3, 0.4) is 0 Å². The third-order valence-electron chi connectivity index (χ3n) is 3.92. The molecule has 13 heteroatoms. The van der Waals surface area contributed by atoms with Crippen LogP contribution in [0.5, 0.6) is 0 Å². The minimum Gasteiger partial charge on any atom is -0.369 e. The maximum absolute atomic E-state index is 14.1. The first kappa shape index (κ1) is 20.9. The molecular weight excluding hydrogens is 394 g/mol. The van der Waals surface area contributed by atoms with Crippen molar-refractivity contribution >= 4 is 21.6 Å². The molecule has 0 aromatic heterocycles. The first-order valence-electron chi connectivity index (χ1n) is 7.71. The molecule has 0 amide bonds. The van der Waals surface area contributed by atoms with E-state index < -0.39 is 56.3 Å². The number of nitro groups is 1. The van der Waals surface area contributed by atoms with Crippen molar-refractivity contribution in [3.05, 3.63) is 39.7 Å². The highest BCUT2D eigenvalue weighted by Crippen LogP contribution is 2.32. The van der Waals surface area contributed by atoms with Crippen LogP contribution >= 0.6 is 0 Å². The fraction of sp³-hybridized carbons (Fsp3) is 0.500. The molecule has 2 N–H and O–H groups in total. The first-order chi connectivity index (χ1) is 12.5. The molecule has 0 aliphatic carbocycles. The lowest BCUT2D eigenvalue weighted by atomic mass is 10.1. The number of nitrogens with zero attached hydrogens (tertiary/aromatic N) is 4. The van der Waals surface area contributed by atoms with Gasteiger partial charge in [0.1, 0.15) is 15.7 Å². The fourth-order valence-electron chi connectivity index (χ4n) is 2.58. The molecule has 2 atom stereocenters. The monoisotopic (exact) mass is 411 g/mol. The van der Waals surface area contributed by atoms with E-state index in [4.69, 9.17) is 5.73 Å². The molecule has 1 aromatic carbocycles. The Bertz CT molecular complexity index is 880. The minimum absolute atomic E-state index is 0.0156. The lowest BCUT2D eigenvalue weighted by Gasteiger charge is -2.26. The van der Waals surface area contributed by atoms with E-state index in [1.165, 1.54) is 7.05 Å². The van der Waals surface area contributed by atoms with Crippen molar-refractivity contribution in [2.24, 2.45) is 15.1 Å². The summed E-state index contributed by atoms with van der Waals surface area (Å²) in [4.78, 5) is 13.7. The number of alkyl halides is 3. The number of halogens is 4. The van der Waals surface area contributed by atoms with Gasteiger partial charge in [-0.1, -0.05) is 0 Å². The SMILES string of the molecule is CN=C(N)N1CCCC(C(F)(F)F)N=S1(=O)Cc1cc([N+](=O)[O-])ccc1F. The number of non-ortho nitro benzene ring substituents is 1. The highest BCUT2D eigenvalue weighted by Gasteiger charge is 2.43. The van der Waals surface area contributed by atoms with Crippen LogP contribution in [0.25, 0.3) is 0 Å². The fourth-order valence-corrected chi connectivity index (χ4v) is 4.96. The third kappa shape index (κ3) is 4.64. The lowest BCUT2D eigenvalue weighted by molar-refractivity contribution is -0.385. The van der Waals surface area contributed by atoms with Gasteiger partial charge in [-0.15, -0.1) is 0 Å². The van der Waals surface area contributed by atoms with E-state index in [0.29, 0.717) is 0 Å². The van der Waals surface area contributed by atoms with E-state index >= 15 is 0 Å². The van der Waals surface area contributed by atoms with E-state index in [9.17, 15) is 31.9 Å². The van der Waals surface area contributed by atoms with E-state index in [0.717, 1.165) is 22.5 Å². The van der Waals surface area contributed by atoms with Crippen molar-refractivity contribution in [2.75, 3.05) is 13.6 Å². The van der Waals surface area contributed by atoms with E-state index in [1.54, 1.807) is 0 Å². The van der Waals surface area contributed by atoms with Crippen molar-refractivity contribution in [3.63, 3.8) is 0 Å². The second kappa shape index (κ2) is 7.66. The molecule has 0 saturated heterocycles. The zero-order valence-electron chi connectivity index (χ0n) is 14.1. The van der Waals surface area contributed by atoms with Crippen LogP contribution in [-0.4, -0.2) is 45.2 Å². The highest BCUT2D eigenvalue weighted by molar-refractivity contribution is 7.91. The Morgan fingerprint density at radius 3 is 2.74 bits per heavy atom. The van der Waals surface area contributed by atoms with Gasteiger partial charge in [-0.3, -0.25) is 19.4 Å². The molecule has 0 fully saturated rings.